The predicted molar refractivity (Wildman–Crippen MR) is 148 cm³/mol. The molecule has 2 aliphatic rings. The van der Waals surface area contributed by atoms with E-state index in [1.165, 1.54) is 6.07 Å². The van der Waals surface area contributed by atoms with Gasteiger partial charge in [-0.1, -0.05) is 12.1 Å². The van der Waals surface area contributed by atoms with Crippen molar-refractivity contribution in [1.82, 2.24) is 9.91 Å². The third kappa shape index (κ3) is 5.68. The van der Waals surface area contributed by atoms with Crippen molar-refractivity contribution in [2.45, 2.75) is 12.5 Å². The Kier molecular flexibility index (Phi) is 7.97. The summed E-state index contributed by atoms with van der Waals surface area (Å²) in [5.74, 6) is 1.77. The fourth-order valence-corrected chi connectivity index (χ4v) is 5.16. The highest BCUT2D eigenvalue weighted by Crippen LogP contribution is 2.39. The molecule has 1 saturated heterocycles. The van der Waals surface area contributed by atoms with Crippen molar-refractivity contribution in [2.24, 2.45) is 5.10 Å². The summed E-state index contributed by atoms with van der Waals surface area (Å²) in [6.45, 7) is 2.79. The Labute approximate surface area is 228 Å². The highest BCUT2D eigenvalue weighted by atomic mass is 19.1. The molecular weight excluding hydrogens is 499 g/mol. The number of hydrogen-bond acceptors (Lipinski definition) is 7. The number of hydrogen-bond donors (Lipinski definition) is 0. The normalized spacial score (nSPS) is 17.6. The zero-order valence-electron chi connectivity index (χ0n) is 22.5. The zero-order valence-corrected chi connectivity index (χ0v) is 22.5. The number of piperazine rings is 1. The van der Waals surface area contributed by atoms with Gasteiger partial charge in [-0.25, -0.2) is 9.40 Å². The summed E-state index contributed by atoms with van der Waals surface area (Å²) in [7, 11) is 4.86. The summed E-state index contributed by atoms with van der Waals surface area (Å²) in [4.78, 5) is 17.9. The topological polar surface area (TPSA) is 66.8 Å². The second kappa shape index (κ2) is 11.7. The molecule has 204 valence electrons. The van der Waals surface area contributed by atoms with Crippen molar-refractivity contribution in [3.63, 3.8) is 0 Å². The number of methoxy groups -OCH3 is 3. The van der Waals surface area contributed by atoms with E-state index in [1.54, 1.807) is 38.5 Å². The maximum atomic E-state index is 14.3. The van der Waals surface area contributed by atoms with Gasteiger partial charge in [0, 0.05) is 38.2 Å². The highest BCUT2D eigenvalue weighted by molar-refractivity contribution is 6.03. The van der Waals surface area contributed by atoms with E-state index in [2.05, 4.69) is 4.90 Å². The number of benzene rings is 3. The van der Waals surface area contributed by atoms with Gasteiger partial charge in [0.05, 0.1) is 45.3 Å². The van der Waals surface area contributed by atoms with E-state index in [-0.39, 0.29) is 24.3 Å². The van der Waals surface area contributed by atoms with Gasteiger partial charge in [-0.05, 0) is 60.2 Å². The van der Waals surface area contributed by atoms with E-state index >= 15 is 0 Å². The number of ether oxygens (including phenoxy) is 3. The number of anilines is 1. The molecule has 1 amide bonds. The molecule has 5 rings (SSSR count). The number of para-hydroxylation sites is 1. The molecule has 9 heteroatoms. The summed E-state index contributed by atoms with van der Waals surface area (Å²) >= 11 is 0. The molecule has 0 saturated carbocycles. The molecule has 0 N–H and O–H groups in total. The van der Waals surface area contributed by atoms with Crippen LogP contribution in [0.4, 0.5) is 10.1 Å². The summed E-state index contributed by atoms with van der Waals surface area (Å²) in [6, 6.07) is 19.7. The molecule has 2 heterocycles. The molecule has 1 fully saturated rings. The molecule has 3 aromatic carbocycles. The number of halogens is 1. The molecule has 0 aliphatic carbocycles. The molecule has 3 aromatic rings. The number of carbonyl (C=O) groups excluding carboxylic acids is 1. The third-order valence-electron chi connectivity index (χ3n) is 7.31. The van der Waals surface area contributed by atoms with Crippen LogP contribution < -0.4 is 19.1 Å². The minimum Gasteiger partial charge on any atom is -0.497 e. The summed E-state index contributed by atoms with van der Waals surface area (Å²) in [6.07, 6.45) is 0.530. The van der Waals surface area contributed by atoms with E-state index in [9.17, 15) is 9.18 Å². The standard InChI is InChI=1S/C30H33FN4O4/c1-37-22-10-8-21(9-11-22)26-19-28(24-18-23(38-2)12-13-29(24)39-3)35(32-26)30(36)20-33-14-16-34(17-15-33)27-7-5-4-6-25(27)31/h4-13,18,28H,14-17,19-20H2,1-3H3/t28-/m0/s1. The maximum absolute atomic E-state index is 14.3. The lowest BCUT2D eigenvalue weighted by Gasteiger charge is -2.36. The van der Waals surface area contributed by atoms with Crippen molar-refractivity contribution in [1.29, 1.82) is 0 Å². The molecule has 0 radical (unpaired) electrons. The molecule has 0 spiro atoms. The van der Waals surface area contributed by atoms with E-state index < -0.39 is 0 Å². The van der Waals surface area contributed by atoms with Crippen molar-refractivity contribution in [2.75, 3.05) is 59.0 Å². The third-order valence-corrected chi connectivity index (χ3v) is 7.31. The summed E-state index contributed by atoms with van der Waals surface area (Å²) in [5.41, 5.74) is 3.17. The van der Waals surface area contributed by atoms with Gasteiger partial charge in [0.15, 0.2) is 0 Å². The van der Waals surface area contributed by atoms with Crippen LogP contribution >= 0.6 is 0 Å². The van der Waals surface area contributed by atoms with Crippen LogP contribution in [0.15, 0.2) is 71.8 Å². The second-order valence-electron chi connectivity index (χ2n) is 9.56. The smallest absolute Gasteiger partial charge is 0.257 e. The van der Waals surface area contributed by atoms with Crippen molar-refractivity contribution in [3.05, 3.63) is 83.7 Å². The Hall–Kier alpha value is -4.11. The SMILES string of the molecule is COc1ccc(C2=NN(C(=O)CN3CCN(c4ccccc4F)CC3)[C@H](c3cc(OC)ccc3OC)C2)cc1. The van der Waals surface area contributed by atoms with E-state index in [0.29, 0.717) is 49.8 Å². The minimum absolute atomic E-state index is 0.104. The molecular formula is C30H33FN4O4. The Balaban J connectivity index is 1.36. The van der Waals surface area contributed by atoms with Gasteiger partial charge in [0.2, 0.25) is 0 Å². The number of amides is 1. The average Bonchev–Trinajstić information content (AvgIpc) is 3.43. The Morgan fingerprint density at radius 2 is 1.59 bits per heavy atom. The van der Waals surface area contributed by atoms with Gasteiger partial charge in [0.25, 0.3) is 5.91 Å². The molecule has 0 bridgehead atoms. The van der Waals surface area contributed by atoms with Gasteiger partial charge >= 0.3 is 0 Å². The summed E-state index contributed by atoms with van der Waals surface area (Å²) in [5, 5.41) is 6.40. The van der Waals surface area contributed by atoms with Gasteiger partial charge in [-0.3, -0.25) is 9.69 Å². The van der Waals surface area contributed by atoms with Crippen molar-refractivity contribution < 1.29 is 23.4 Å². The van der Waals surface area contributed by atoms with Gasteiger partial charge in [-0.2, -0.15) is 5.10 Å². The Bertz CT molecular complexity index is 1340. The molecule has 2 aliphatic heterocycles. The van der Waals surface area contributed by atoms with Crippen LogP contribution in [0.3, 0.4) is 0 Å². The predicted octanol–water partition coefficient (Wildman–Crippen LogP) is 4.35. The van der Waals surface area contributed by atoms with Crippen molar-refractivity contribution in [3.8, 4) is 17.2 Å². The monoisotopic (exact) mass is 532 g/mol. The molecule has 1 atom stereocenters. The van der Waals surface area contributed by atoms with Crippen LogP contribution in [0, 0.1) is 5.82 Å². The van der Waals surface area contributed by atoms with Gasteiger partial charge in [-0.15, -0.1) is 0 Å². The first kappa shape index (κ1) is 26.5. The maximum Gasteiger partial charge on any atom is 0.257 e. The fraction of sp³-hybridized carbons (Fsp3) is 0.333. The van der Waals surface area contributed by atoms with E-state index in [0.717, 1.165) is 22.6 Å². The molecule has 0 unspecified atom stereocenters. The second-order valence-corrected chi connectivity index (χ2v) is 9.56. The van der Waals surface area contributed by atoms with Crippen LogP contribution in [0.2, 0.25) is 0 Å². The van der Waals surface area contributed by atoms with Gasteiger partial charge < -0.3 is 19.1 Å². The number of nitrogens with zero attached hydrogens (tertiary/aromatic N) is 4. The van der Waals surface area contributed by atoms with Crippen molar-refractivity contribution >= 4 is 17.3 Å². The lowest BCUT2D eigenvalue weighted by atomic mass is 9.97. The first-order chi connectivity index (χ1) is 19.0. The lowest BCUT2D eigenvalue weighted by Crippen LogP contribution is -2.49. The Morgan fingerprint density at radius 1 is 0.897 bits per heavy atom. The fourth-order valence-electron chi connectivity index (χ4n) is 5.16. The number of carbonyl (C=O) groups is 1. The van der Waals surface area contributed by atoms with Crippen LogP contribution in [-0.2, 0) is 4.79 Å². The van der Waals surface area contributed by atoms with Crippen LogP contribution in [0.1, 0.15) is 23.6 Å². The average molecular weight is 533 g/mol. The van der Waals surface area contributed by atoms with Crippen LogP contribution in [0.25, 0.3) is 0 Å². The van der Waals surface area contributed by atoms with E-state index in [4.69, 9.17) is 19.3 Å². The molecule has 8 nitrogen and oxygen atoms in total. The first-order valence-corrected chi connectivity index (χ1v) is 13.0. The van der Waals surface area contributed by atoms with E-state index in [1.807, 2.05) is 53.4 Å². The first-order valence-electron chi connectivity index (χ1n) is 13.0. The summed E-state index contributed by atoms with van der Waals surface area (Å²) < 4.78 is 30.7. The minimum atomic E-state index is -0.348. The van der Waals surface area contributed by atoms with Gasteiger partial charge in [0.1, 0.15) is 23.1 Å². The lowest BCUT2D eigenvalue weighted by molar-refractivity contribution is -0.134. The zero-order chi connectivity index (χ0) is 27.4. The number of rotatable bonds is 8. The Morgan fingerprint density at radius 3 is 2.26 bits per heavy atom. The number of hydrazone groups is 1. The highest BCUT2D eigenvalue weighted by Gasteiger charge is 2.36. The van der Waals surface area contributed by atoms with Crippen LogP contribution in [-0.4, -0.2) is 75.6 Å². The molecule has 39 heavy (non-hydrogen) atoms. The molecule has 0 aromatic heterocycles. The van der Waals surface area contributed by atoms with Crippen LogP contribution in [0.5, 0.6) is 17.2 Å². The largest absolute Gasteiger partial charge is 0.497 e. The quantitative estimate of drug-likeness (QED) is 0.430.